The van der Waals surface area contributed by atoms with Gasteiger partial charge < -0.3 is 0 Å². The van der Waals surface area contributed by atoms with Gasteiger partial charge in [-0.15, -0.1) is 9.24 Å². The van der Waals surface area contributed by atoms with E-state index in [-0.39, 0.29) is 0 Å². The Morgan fingerprint density at radius 3 is 1.73 bits per heavy atom. The highest BCUT2D eigenvalue weighted by Crippen LogP contribution is 2.20. The Labute approximate surface area is 86.5 Å². The Hall–Kier alpha value is -0.720. The van der Waals surface area contributed by atoms with E-state index in [0.29, 0.717) is 0 Å². The number of pyridine rings is 1. The summed E-state index contributed by atoms with van der Waals surface area (Å²) in [6.07, 6.45) is 3.53. The summed E-state index contributed by atoms with van der Waals surface area (Å²) in [7, 11) is -3.25. The van der Waals surface area contributed by atoms with Gasteiger partial charge in [0.1, 0.15) is 0 Å². The van der Waals surface area contributed by atoms with E-state index in [1.54, 1.807) is 12.4 Å². The van der Waals surface area contributed by atoms with Gasteiger partial charge in [0.25, 0.3) is 0 Å². The third kappa shape index (κ3) is 6.38. The first kappa shape index (κ1) is 14.3. The Bertz CT molecular complexity index is 392. The Balaban J connectivity index is 0.000000262. The molecule has 0 aromatic carbocycles. The minimum absolute atomic E-state index is 1.18. The fourth-order valence-electron chi connectivity index (χ4n) is 0.363. The second kappa shape index (κ2) is 5.39. The molecule has 0 saturated carbocycles. The predicted molar refractivity (Wildman–Crippen MR) is 51.2 cm³/mol. The third-order valence-electron chi connectivity index (χ3n) is 0.999. The Morgan fingerprint density at radius 2 is 1.60 bits per heavy atom. The number of hydrogen-bond acceptors (Lipinski definition) is 3. The minimum atomic E-state index is -5.84. The van der Waals surface area contributed by atoms with E-state index in [1.807, 2.05) is 12.1 Å². The number of halogens is 3. The summed E-state index contributed by atoms with van der Waals surface area (Å²) in [5, 5.41) is 1.18. The van der Waals surface area contributed by atoms with E-state index >= 15 is 0 Å². The molecular formula is C6H7F3NO3PS. The van der Waals surface area contributed by atoms with Crippen molar-refractivity contribution in [1.82, 2.24) is 4.98 Å². The standard InChI is InChI=1S/C5H6NP.CHF3O3S/c7-5-1-3-6-4-2-5;2-1(3,4)8(5,6)7/h1-4H,7H2;(H,5,6,7). The molecule has 1 atom stereocenters. The van der Waals surface area contributed by atoms with Crippen molar-refractivity contribution in [2.45, 2.75) is 5.51 Å². The van der Waals surface area contributed by atoms with E-state index in [1.165, 1.54) is 5.30 Å². The molecule has 0 aliphatic heterocycles. The van der Waals surface area contributed by atoms with Crippen LogP contribution in [0, 0.1) is 0 Å². The van der Waals surface area contributed by atoms with Crippen LogP contribution in [0.4, 0.5) is 13.2 Å². The normalized spacial score (nSPS) is 11.5. The zero-order chi connectivity index (χ0) is 12.1. The van der Waals surface area contributed by atoms with Crippen LogP contribution < -0.4 is 5.30 Å². The number of hydrogen-bond donors (Lipinski definition) is 1. The largest absolute Gasteiger partial charge is 0.522 e. The molecule has 1 N–H and O–H groups in total. The smallest absolute Gasteiger partial charge is 0.279 e. The summed E-state index contributed by atoms with van der Waals surface area (Å²) in [5.74, 6) is 0. The fraction of sp³-hybridized carbons (Fsp3) is 0.167. The summed E-state index contributed by atoms with van der Waals surface area (Å²) in [5.41, 5.74) is -5.53. The molecule has 0 amide bonds. The molecule has 1 aromatic heterocycles. The molecule has 0 saturated heterocycles. The molecule has 15 heavy (non-hydrogen) atoms. The van der Waals surface area contributed by atoms with Gasteiger partial charge >= 0.3 is 15.6 Å². The number of nitrogens with zero attached hydrogens (tertiary/aromatic N) is 1. The summed E-state index contributed by atoms with van der Waals surface area (Å²) >= 11 is 0. The molecule has 1 aromatic rings. The van der Waals surface area contributed by atoms with Crippen molar-refractivity contribution in [3.05, 3.63) is 24.5 Å². The fourth-order valence-corrected chi connectivity index (χ4v) is 0.536. The van der Waals surface area contributed by atoms with Crippen molar-refractivity contribution in [3.63, 3.8) is 0 Å². The van der Waals surface area contributed by atoms with Crippen LogP contribution in [0.3, 0.4) is 0 Å². The highest BCUT2D eigenvalue weighted by atomic mass is 32.2. The summed E-state index contributed by atoms with van der Waals surface area (Å²) in [6, 6.07) is 3.87. The lowest BCUT2D eigenvalue weighted by atomic mass is 10.5. The van der Waals surface area contributed by atoms with Gasteiger partial charge in [-0.05, 0) is 17.4 Å². The van der Waals surface area contributed by atoms with Crippen molar-refractivity contribution < 1.29 is 26.1 Å². The maximum absolute atomic E-state index is 10.7. The van der Waals surface area contributed by atoms with Crippen molar-refractivity contribution in [1.29, 1.82) is 0 Å². The van der Waals surface area contributed by atoms with Gasteiger partial charge in [0.15, 0.2) is 0 Å². The van der Waals surface area contributed by atoms with Crippen LogP contribution in [0.25, 0.3) is 0 Å². The predicted octanol–water partition coefficient (Wildman–Crippen LogP) is 0.976. The molecule has 0 bridgehead atoms. The van der Waals surface area contributed by atoms with Gasteiger partial charge in [0.05, 0.1) is 0 Å². The van der Waals surface area contributed by atoms with Gasteiger partial charge in [-0.2, -0.15) is 21.6 Å². The monoisotopic (exact) mass is 261 g/mol. The Kier molecular flexibility index (Phi) is 5.13. The van der Waals surface area contributed by atoms with E-state index in [2.05, 4.69) is 14.2 Å². The molecular weight excluding hydrogens is 254 g/mol. The van der Waals surface area contributed by atoms with E-state index in [4.69, 9.17) is 13.0 Å². The van der Waals surface area contributed by atoms with Gasteiger partial charge in [0, 0.05) is 12.4 Å². The second-order valence-electron chi connectivity index (χ2n) is 2.20. The molecule has 86 valence electrons. The van der Waals surface area contributed by atoms with Crippen LogP contribution in [0.2, 0.25) is 0 Å². The Morgan fingerprint density at radius 1 is 1.27 bits per heavy atom. The zero-order valence-electron chi connectivity index (χ0n) is 7.14. The van der Waals surface area contributed by atoms with Crippen molar-refractivity contribution in [3.8, 4) is 0 Å². The molecule has 1 unspecified atom stereocenters. The maximum atomic E-state index is 10.7. The molecule has 0 aliphatic rings. The first-order valence-electron chi connectivity index (χ1n) is 3.34. The van der Waals surface area contributed by atoms with Crippen LogP contribution in [0.15, 0.2) is 24.5 Å². The average Bonchev–Trinajstić information content (AvgIpc) is 2.02. The molecule has 9 heteroatoms. The molecule has 0 radical (unpaired) electrons. The zero-order valence-corrected chi connectivity index (χ0v) is 9.11. The average molecular weight is 261 g/mol. The van der Waals surface area contributed by atoms with E-state index < -0.39 is 15.6 Å². The SMILES string of the molecule is O=S(=O)(O)C(F)(F)F.Pc1ccncc1. The lowest BCUT2D eigenvalue weighted by Gasteiger charge is -1.97. The van der Waals surface area contributed by atoms with Crippen LogP contribution in [-0.2, 0) is 10.1 Å². The van der Waals surface area contributed by atoms with E-state index in [0.717, 1.165) is 0 Å². The maximum Gasteiger partial charge on any atom is 0.522 e. The van der Waals surface area contributed by atoms with Crippen molar-refractivity contribution in [2.75, 3.05) is 0 Å². The van der Waals surface area contributed by atoms with Gasteiger partial charge in [-0.25, -0.2) is 0 Å². The van der Waals surface area contributed by atoms with Crippen molar-refractivity contribution in [2.24, 2.45) is 0 Å². The highest BCUT2D eigenvalue weighted by Gasteiger charge is 2.44. The van der Waals surface area contributed by atoms with Gasteiger partial charge in [-0.1, -0.05) is 0 Å². The van der Waals surface area contributed by atoms with Crippen molar-refractivity contribution >= 4 is 24.7 Å². The number of alkyl halides is 3. The summed E-state index contributed by atoms with van der Waals surface area (Å²) in [6.45, 7) is 0. The molecule has 0 spiro atoms. The van der Waals surface area contributed by atoms with Crippen LogP contribution >= 0.6 is 9.24 Å². The summed E-state index contributed by atoms with van der Waals surface area (Å²) < 4.78 is 57.5. The topological polar surface area (TPSA) is 67.3 Å². The highest BCUT2D eigenvalue weighted by molar-refractivity contribution is 7.86. The lowest BCUT2D eigenvalue weighted by molar-refractivity contribution is -0.0510. The molecule has 1 heterocycles. The molecule has 0 fully saturated rings. The quantitative estimate of drug-likeness (QED) is 0.429. The first-order chi connectivity index (χ1) is 6.64. The lowest BCUT2D eigenvalue weighted by Crippen LogP contribution is -2.21. The van der Waals surface area contributed by atoms with E-state index in [9.17, 15) is 13.2 Å². The van der Waals surface area contributed by atoms with Crippen LogP contribution in [0.1, 0.15) is 0 Å². The van der Waals surface area contributed by atoms with Gasteiger partial charge in [0.2, 0.25) is 0 Å². The van der Waals surface area contributed by atoms with Gasteiger partial charge in [-0.3, -0.25) is 9.54 Å². The van der Waals surface area contributed by atoms with Crippen LogP contribution in [0.5, 0.6) is 0 Å². The first-order valence-corrected chi connectivity index (χ1v) is 5.35. The third-order valence-corrected chi connectivity index (χ3v) is 1.97. The molecule has 4 nitrogen and oxygen atoms in total. The number of aromatic nitrogens is 1. The summed E-state index contributed by atoms with van der Waals surface area (Å²) in [4.78, 5) is 3.83. The second-order valence-corrected chi connectivity index (χ2v) is 4.28. The molecule has 0 aliphatic carbocycles. The van der Waals surface area contributed by atoms with Crippen LogP contribution in [-0.4, -0.2) is 23.5 Å². The molecule has 1 rings (SSSR count). The number of rotatable bonds is 0. The minimum Gasteiger partial charge on any atom is -0.279 e.